The van der Waals surface area contributed by atoms with E-state index in [1.54, 1.807) is 12.1 Å². The number of hydrogen-bond donors (Lipinski definition) is 1. The molecule has 100 valence electrons. The average Bonchev–Trinajstić information content (AvgIpc) is 2.36. The lowest BCUT2D eigenvalue weighted by Gasteiger charge is -2.11. The van der Waals surface area contributed by atoms with Crippen molar-refractivity contribution in [2.75, 3.05) is 12.4 Å². The number of rotatable bonds is 3. The molecule has 1 heterocycles. The Kier molecular flexibility index (Phi) is 3.80. The van der Waals surface area contributed by atoms with Crippen LogP contribution >= 0.6 is 11.6 Å². The van der Waals surface area contributed by atoms with E-state index in [-0.39, 0.29) is 5.69 Å². The summed E-state index contributed by atoms with van der Waals surface area (Å²) in [5.74, 6) is -3.89. The van der Waals surface area contributed by atoms with Crippen LogP contribution in [0.15, 0.2) is 24.3 Å². The number of methoxy groups -OCH3 is 1. The van der Waals surface area contributed by atoms with Crippen molar-refractivity contribution in [2.24, 2.45) is 0 Å². The summed E-state index contributed by atoms with van der Waals surface area (Å²) >= 11 is 5.79. The van der Waals surface area contributed by atoms with Gasteiger partial charge in [0.2, 0.25) is 0 Å². The molecule has 0 amide bonds. The molecule has 2 rings (SSSR count). The highest BCUT2D eigenvalue weighted by Gasteiger charge is 2.13. The van der Waals surface area contributed by atoms with E-state index in [9.17, 15) is 13.2 Å². The maximum atomic E-state index is 13.4. The second-order valence-electron chi connectivity index (χ2n) is 3.56. The molecule has 0 bridgehead atoms. The van der Waals surface area contributed by atoms with E-state index in [1.165, 1.54) is 13.2 Å². The summed E-state index contributed by atoms with van der Waals surface area (Å²) in [7, 11) is 1.41. The maximum Gasteiger partial charge on any atom is 0.251 e. The number of ether oxygens (including phenoxy) is 1. The Balaban J connectivity index is 2.41. The minimum absolute atomic E-state index is 0.285. The van der Waals surface area contributed by atoms with Crippen LogP contribution in [-0.2, 0) is 0 Å². The molecule has 3 nitrogen and oxygen atoms in total. The van der Waals surface area contributed by atoms with Gasteiger partial charge in [-0.15, -0.1) is 0 Å². The van der Waals surface area contributed by atoms with Crippen molar-refractivity contribution in [1.29, 1.82) is 0 Å². The summed E-state index contributed by atoms with van der Waals surface area (Å²) in [6.07, 6.45) is 0. The van der Waals surface area contributed by atoms with Crippen LogP contribution in [-0.4, -0.2) is 12.1 Å². The van der Waals surface area contributed by atoms with Crippen LogP contribution in [0.1, 0.15) is 0 Å². The molecule has 0 fully saturated rings. The normalized spacial score (nSPS) is 10.4. The van der Waals surface area contributed by atoms with Gasteiger partial charge in [0.1, 0.15) is 5.75 Å². The van der Waals surface area contributed by atoms with Crippen LogP contribution in [0.2, 0.25) is 5.02 Å². The van der Waals surface area contributed by atoms with Crippen LogP contribution in [0.5, 0.6) is 5.75 Å². The number of halogens is 4. The molecule has 0 saturated carbocycles. The summed E-state index contributed by atoms with van der Waals surface area (Å²) in [6.45, 7) is 0. The fraction of sp³-hybridized carbons (Fsp3) is 0.0833. The van der Waals surface area contributed by atoms with Gasteiger partial charge in [-0.25, -0.2) is 8.78 Å². The second-order valence-corrected chi connectivity index (χ2v) is 4.00. The molecule has 1 aromatic carbocycles. The largest absolute Gasteiger partial charge is 0.495 e. The Labute approximate surface area is 112 Å². The van der Waals surface area contributed by atoms with Crippen molar-refractivity contribution in [3.8, 4) is 5.75 Å². The van der Waals surface area contributed by atoms with Gasteiger partial charge in [0.05, 0.1) is 12.8 Å². The van der Waals surface area contributed by atoms with E-state index in [0.29, 0.717) is 16.8 Å². The smallest absolute Gasteiger partial charge is 0.251 e. The van der Waals surface area contributed by atoms with E-state index in [0.717, 1.165) is 0 Å². The van der Waals surface area contributed by atoms with Gasteiger partial charge < -0.3 is 10.1 Å². The number of benzene rings is 1. The monoisotopic (exact) mass is 288 g/mol. The molecule has 0 spiro atoms. The van der Waals surface area contributed by atoms with Crippen molar-refractivity contribution < 1.29 is 17.9 Å². The Morgan fingerprint density at radius 3 is 2.58 bits per heavy atom. The van der Waals surface area contributed by atoms with E-state index < -0.39 is 23.4 Å². The van der Waals surface area contributed by atoms with Gasteiger partial charge >= 0.3 is 0 Å². The van der Waals surface area contributed by atoms with Gasteiger partial charge in [-0.3, -0.25) is 0 Å². The van der Waals surface area contributed by atoms with Crippen LogP contribution in [0.25, 0.3) is 0 Å². The SMILES string of the molecule is COc1ccc(Cl)cc1Nc1nc(F)c(F)cc1F. The fourth-order valence-electron chi connectivity index (χ4n) is 1.44. The van der Waals surface area contributed by atoms with Gasteiger partial charge in [0.15, 0.2) is 17.5 Å². The lowest BCUT2D eigenvalue weighted by Crippen LogP contribution is -2.02. The second kappa shape index (κ2) is 5.36. The van der Waals surface area contributed by atoms with Gasteiger partial charge in [-0.05, 0) is 18.2 Å². The summed E-state index contributed by atoms with van der Waals surface area (Å²) in [5.41, 5.74) is 0.285. The third-order valence-corrected chi connectivity index (χ3v) is 2.54. The van der Waals surface area contributed by atoms with Crippen LogP contribution in [0.3, 0.4) is 0 Å². The Morgan fingerprint density at radius 2 is 1.89 bits per heavy atom. The minimum atomic E-state index is -1.40. The summed E-state index contributed by atoms with van der Waals surface area (Å²) < 4.78 is 44.2. The highest BCUT2D eigenvalue weighted by Crippen LogP contribution is 2.30. The van der Waals surface area contributed by atoms with Crippen LogP contribution in [0.4, 0.5) is 24.7 Å². The zero-order valence-electron chi connectivity index (χ0n) is 9.68. The molecule has 0 aliphatic rings. The first kappa shape index (κ1) is 13.5. The standard InChI is InChI=1S/C12H8ClF3N2O/c1-19-10-3-2-6(13)4-9(10)17-12-8(15)5-7(14)11(16)18-12/h2-5H,1H3,(H,17,18). The molecule has 1 aromatic heterocycles. The molecule has 7 heteroatoms. The number of anilines is 2. The first-order valence-electron chi connectivity index (χ1n) is 5.13. The Hall–Kier alpha value is -1.95. The van der Waals surface area contributed by atoms with Crippen molar-refractivity contribution in [2.45, 2.75) is 0 Å². The van der Waals surface area contributed by atoms with Crippen molar-refractivity contribution >= 4 is 23.1 Å². The van der Waals surface area contributed by atoms with E-state index in [1.807, 2.05) is 0 Å². The third kappa shape index (κ3) is 2.90. The van der Waals surface area contributed by atoms with Gasteiger partial charge in [-0.1, -0.05) is 11.6 Å². The predicted molar refractivity (Wildman–Crippen MR) is 65.4 cm³/mol. The summed E-state index contributed by atoms with van der Waals surface area (Å²) in [5, 5.41) is 2.87. The zero-order chi connectivity index (χ0) is 14.0. The zero-order valence-corrected chi connectivity index (χ0v) is 10.4. The molecule has 19 heavy (non-hydrogen) atoms. The molecule has 0 saturated heterocycles. The van der Waals surface area contributed by atoms with E-state index >= 15 is 0 Å². The lowest BCUT2D eigenvalue weighted by atomic mass is 10.3. The minimum Gasteiger partial charge on any atom is -0.495 e. The fourth-order valence-corrected chi connectivity index (χ4v) is 1.61. The molecule has 0 atom stereocenters. The Bertz CT molecular complexity index is 622. The van der Waals surface area contributed by atoms with Crippen molar-refractivity contribution in [3.05, 3.63) is 46.9 Å². The lowest BCUT2D eigenvalue weighted by molar-refractivity contribution is 0.416. The first-order chi connectivity index (χ1) is 9.01. The molecule has 2 aromatic rings. The maximum absolute atomic E-state index is 13.4. The predicted octanol–water partition coefficient (Wildman–Crippen LogP) is 3.90. The number of nitrogens with one attached hydrogen (secondary N) is 1. The summed E-state index contributed by atoms with van der Waals surface area (Å²) in [6, 6.07) is 4.97. The number of hydrogen-bond acceptors (Lipinski definition) is 3. The highest BCUT2D eigenvalue weighted by atomic mass is 35.5. The van der Waals surface area contributed by atoms with E-state index in [4.69, 9.17) is 16.3 Å². The van der Waals surface area contributed by atoms with Gasteiger partial charge in [0, 0.05) is 11.1 Å². The van der Waals surface area contributed by atoms with Gasteiger partial charge in [-0.2, -0.15) is 9.37 Å². The molecule has 1 N–H and O–H groups in total. The van der Waals surface area contributed by atoms with Gasteiger partial charge in [0.25, 0.3) is 5.95 Å². The van der Waals surface area contributed by atoms with Crippen molar-refractivity contribution in [3.63, 3.8) is 0 Å². The number of pyridine rings is 1. The quantitative estimate of drug-likeness (QED) is 0.870. The third-order valence-electron chi connectivity index (χ3n) is 2.30. The summed E-state index contributed by atoms with van der Waals surface area (Å²) in [4.78, 5) is 3.15. The topological polar surface area (TPSA) is 34.1 Å². The molecule has 0 radical (unpaired) electrons. The molecular weight excluding hydrogens is 281 g/mol. The van der Waals surface area contributed by atoms with Crippen LogP contribution in [0, 0.1) is 17.6 Å². The average molecular weight is 289 g/mol. The first-order valence-corrected chi connectivity index (χ1v) is 5.51. The van der Waals surface area contributed by atoms with Crippen LogP contribution < -0.4 is 10.1 Å². The number of aromatic nitrogens is 1. The van der Waals surface area contributed by atoms with E-state index in [2.05, 4.69) is 10.3 Å². The molecule has 0 aliphatic heterocycles. The molecular formula is C12H8ClF3N2O. The molecule has 0 aliphatic carbocycles. The Morgan fingerprint density at radius 1 is 1.16 bits per heavy atom. The van der Waals surface area contributed by atoms with Crippen molar-refractivity contribution in [1.82, 2.24) is 4.98 Å². The molecule has 0 unspecified atom stereocenters. The number of nitrogens with zero attached hydrogens (tertiary/aromatic N) is 1. The highest BCUT2D eigenvalue weighted by molar-refractivity contribution is 6.31.